The van der Waals surface area contributed by atoms with Crippen LogP contribution >= 0.6 is 0 Å². The summed E-state index contributed by atoms with van der Waals surface area (Å²) in [5.74, 6) is -1.41. The largest absolute Gasteiger partial charge is 0.375 e. The molecule has 0 aromatic heterocycles. The quantitative estimate of drug-likeness (QED) is 0.643. The summed E-state index contributed by atoms with van der Waals surface area (Å²) < 4.78 is 5.83. The third-order valence-corrected chi connectivity index (χ3v) is 6.42. The lowest BCUT2D eigenvalue weighted by atomic mass is 9.91. The summed E-state index contributed by atoms with van der Waals surface area (Å²) in [5.41, 5.74) is 1.51. The standard InChI is InChI=1S/C21H24N4O5/c26-17-5-4-15(19(27)23-17)25-20(28)14-3-1-2-12(18(14)21(25)29)9-24-10-13(11-24)16-8-22-6-7-30-16/h1-3,13,15-16,22H,4-11H2,(H,23,26,27). The van der Waals surface area contributed by atoms with Crippen molar-refractivity contribution in [3.8, 4) is 0 Å². The molecule has 5 rings (SSSR count). The maximum Gasteiger partial charge on any atom is 0.262 e. The molecule has 4 aliphatic heterocycles. The number of hydrogen-bond acceptors (Lipinski definition) is 7. The Hall–Kier alpha value is -2.62. The maximum atomic E-state index is 13.1. The normalized spacial score (nSPS) is 27.8. The number of imide groups is 2. The zero-order valence-electron chi connectivity index (χ0n) is 16.6. The summed E-state index contributed by atoms with van der Waals surface area (Å²) in [7, 11) is 0. The van der Waals surface area contributed by atoms with Crippen LogP contribution in [0.25, 0.3) is 0 Å². The minimum Gasteiger partial charge on any atom is -0.375 e. The van der Waals surface area contributed by atoms with Crippen molar-refractivity contribution in [1.82, 2.24) is 20.4 Å². The molecule has 3 fully saturated rings. The molecule has 1 aromatic rings. The third kappa shape index (κ3) is 3.23. The maximum absolute atomic E-state index is 13.1. The number of piperidine rings is 1. The van der Waals surface area contributed by atoms with Gasteiger partial charge in [-0.3, -0.25) is 34.3 Å². The number of hydrogen-bond donors (Lipinski definition) is 2. The lowest BCUT2D eigenvalue weighted by molar-refractivity contribution is -0.136. The number of amides is 4. The van der Waals surface area contributed by atoms with Gasteiger partial charge in [-0.15, -0.1) is 0 Å². The predicted octanol–water partition coefficient (Wildman–Crippen LogP) is -0.492. The molecule has 0 bridgehead atoms. The molecule has 4 heterocycles. The molecule has 4 amide bonds. The molecule has 0 aliphatic carbocycles. The van der Waals surface area contributed by atoms with Crippen molar-refractivity contribution >= 4 is 23.6 Å². The topological polar surface area (TPSA) is 108 Å². The molecule has 3 saturated heterocycles. The minimum absolute atomic E-state index is 0.115. The fourth-order valence-electron chi connectivity index (χ4n) is 4.82. The molecule has 0 radical (unpaired) electrons. The van der Waals surface area contributed by atoms with Gasteiger partial charge in [-0.1, -0.05) is 12.1 Å². The van der Waals surface area contributed by atoms with E-state index in [1.54, 1.807) is 12.1 Å². The van der Waals surface area contributed by atoms with Gasteiger partial charge in [0, 0.05) is 45.1 Å². The molecule has 2 N–H and O–H groups in total. The Morgan fingerprint density at radius 3 is 2.67 bits per heavy atom. The fourth-order valence-corrected chi connectivity index (χ4v) is 4.82. The van der Waals surface area contributed by atoms with Gasteiger partial charge in [-0.2, -0.15) is 0 Å². The van der Waals surface area contributed by atoms with Crippen LogP contribution in [0.3, 0.4) is 0 Å². The second-order valence-corrected chi connectivity index (χ2v) is 8.35. The predicted molar refractivity (Wildman–Crippen MR) is 104 cm³/mol. The first-order valence-corrected chi connectivity index (χ1v) is 10.4. The monoisotopic (exact) mass is 412 g/mol. The highest BCUT2D eigenvalue weighted by Gasteiger charge is 2.46. The SMILES string of the molecule is O=C1CCC(N2C(=O)c3cccc(CN4CC(C5CNCCO5)C4)c3C2=O)C(=O)N1. The number of nitrogens with one attached hydrogen (secondary N) is 2. The van der Waals surface area contributed by atoms with Crippen LogP contribution in [-0.4, -0.2) is 78.4 Å². The number of rotatable bonds is 4. The van der Waals surface area contributed by atoms with Crippen molar-refractivity contribution in [3.05, 3.63) is 34.9 Å². The van der Waals surface area contributed by atoms with Crippen LogP contribution in [0.2, 0.25) is 0 Å². The van der Waals surface area contributed by atoms with E-state index in [-0.39, 0.29) is 24.9 Å². The fraction of sp³-hybridized carbons (Fsp3) is 0.524. The molecule has 2 unspecified atom stereocenters. The summed E-state index contributed by atoms with van der Waals surface area (Å²) in [6.07, 6.45) is 0.501. The molecule has 9 heteroatoms. The summed E-state index contributed by atoms with van der Waals surface area (Å²) in [6.45, 7) is 4.84. The Bertz CT molecular complexity index is 920. The van der Waals surface area contributed by atoms with Crippen LogP contribution in [-0.2, 0) is 20.9 Å². The van der Waals surface area contributed by atoms with E-state index in [1.807, 2.05) is 6.07 Å². The van der Waals surface area contributed by atoms with E-state index >= 15 is 0 Å². The van der Waals surface area contributed by atoms with Gasteiger partial charge >= 0.3 is 0 Å². The van der Waals surface area contributed by atoms with E-state index in [1.165, 1.54) is 0 Å². The van der Waals surface area contributed by atoms with Crippen molar-refractivity contribution in [2.75, 3.05) is 32.8 Å². The average molecular weight is 412 g/mol. The van der Waals surface area contributed by atoms with Gasteiger partial charge in [-0.25, -0.2) is 0 Å². The van der Waals surface area contributed by atoms with Gasteiger partial charge in [0.1, 0.15) is 6.04 Å². The van der Waals surface area contributed by atoms with Gasteiger partial charge in [0.25, 0.3) is 11.8 Å². The van der Waals surface area contributed by atoms with E-state index in [0.29, 0.717) is 23.6 Å². The van der Waals surface area contributed by atoms with E-state index in [2.05, 4.69) is 15.5 Å². The molecule has 30 heavy (non-hydrogen) atoms. The van der Waals surface area contributed by atoms with Crippen molar-refractivity contribution in [1.29, 1.82) is 0 Å². The molecule has 4 aliphatic rings. The number of fused-ring (bicyclic) bond motifs is 1. The molecule has 2 atom stereocenters. The number of carbonyl (C=O) groups excluding carboxylic acids is 4. The Kier molecular flexibility index (Phi) is 4.88. The van der Waals surface area contributed by atoms with Crippen molar-refractivity contribution in [2.45, 2.75) is 31.5 Å². The van der Waals surface area contributed by atoms with Crippen LogP contribution in [0, 0.1) is 5.92 Å². The molecule has 0 saturated carbocycles. The van der Waals surface area contributed by atoms with Crippen molar-refractivity contribution in [3.63, 3.8) is 0 Å². The first kappa shape index (κ1) is 19.3. The Morgan fingerprint density at radius 1 is 1.10 bits per heavy atom. The molecule has 9 nitrogen and oxygen atoms in total. The summed E-state index contributed by atoms with van der Waals surface area (Å²) in [5, 5.41) is 5.58. The Morgan fingerprint density at radius 2 is 1.93 bits per heavy atom. The number of carbonyl (C=O) groups is 4. The first-order valence-electron chi connectivity index (χ1n) is 10.4. The highest BCUT2D eigenvalue weighted by atomic mass is 16.5. The summed E-state index contributed by atoms with van der Waals surface area (Å²) in [6, 6.07) is 4.33. The van der Waals surface area contributed by atoms with E-state index in [4.69, 9.17) is 4.74 Å². The zero-order chi connectivity index (χ0) is 20.8. The molecular formula is C21H24N4O5. The van der Waals surface area contributed by atoms with E-state index in [0.717, 1.165) is 43.2 Å². The third-order valence-electron chi connectivity index (χ3n) is 6.42. The highest BCUT2D eigenvalue weighted by molar-refractivity contribution is 6.24. The van der Waals surface area contributed by atoms with Gasteiger partial charge < -0.3 is 10.1 Å². The second kappa shape index (κ2) is 7.57. The van der Waals surface area contributed by atoms with Crippen molar-refractivity contribution < 1.29 is 23.9 Å². The lowest BCUT2D eigenvalue weighted by Gasteiger charge is -2.44. The van der Waals surface area contributed by atoms with Gasteiger partial charge in [0.15, 0.2) is 0 Å². The number of morpholine rings is 1. The zero-order valence-corrected chi connectivity index (χ0v) is 16.6. The van der Waals surface area contributed by atoms with Gasteiger partial charge in [-0.05, 0) is 18.1 Å². The van der Waals surface area contributed by atoms with Crippen LogP contribution in [0.1, 0.15) is 39.1 Å². The van der Waals surface area contributed by atoms with E-state index in [9.17, 15) is 19.2 Å². The van der Waals surface area contributed by atoms with Crippen LogP contribution in [0.5, 0.6) is 0 Å². The second-order valence-electron chi connectivity index (χ2n) is 8.35. The molecule has 1 aromatic carbocycles. The first-order chi connectivity index (χ1) is 14.5. The Labute approximate surface area is 173 Å². The lowest BCUT2D eigenvalue weighted by Crippen LogP contribution is -2.56. The molecule has 158 valence electrons. The average Bonchev–Trinajstić information content (AvgIpc) is 2.96. The minimum atomic E-state index is -0.938. The highest BCUT2D eigenvalue weighted by Crippen LogP contribution is 2.32. The van der Waals surface area contributed by atoms with Crippen LogP contribution < -0.4 is 10.6 Å². The number of benzene rings is 1. The Balaban J connectivity index is 1.30. The summed E-state index contributed by atoms with van der Waals surface area (Å²) >= 11 is 0. The summed E-state index contributed by atoms with van der Waals surface area (Å²) in [4.78, 5) is 53.0. The smallest absolute Gasteiger partial charge is 0.262 e. The van der Waals surface area contributed by atoms with E-state index < -0.39 is 23.8 Å². The number of nitrogens with zero attached hydrogens (tertiary/aromatic N) is 2. The van der Waals surface area contributed by atoms with Crippen LogP contribution in [0.4, 0.5) is 0 Å². The molecular weight excluding hydrogens is 388 g/mol. The number of likely N-dealkylation sites (tertiary alicyclic amines) is 1. The number of ether oxygens (including phenoxy) is 1. The molecule has 0 spiro atoms. The van der Waals surface area contributed by atoms with Gasteiger partial charge in [0.05, 0.1) is 23.8 Å². The van der Waals surface area contributed by atoms with Crippen molar-refractivity contribution in [2.24, 2.45) is 5.92 Å². The van der Waals surface area contributed by atoms with Crippen LogP contribution in [0.15, 0.2) is 18.2 Å². The van der Waals surface area contributed by atoms with Gasteiger partial charge in [0.2, 0.25) is 11.8 Å².